The minimum atomic E-state index is -0.144. The van der Waals surface area contributed by atoms with Gasteiger partial charge in [0.15, 0.2) is 0 Å². The van der Waals surface area contributed by atoms with Crippen molar-refractivity contribution >= 4 is 28.3 Å². The van der Waals surface area contributed by atoms with E-state index in [9.17, 15) is 9.59 Å². The molecule has 2 aromatic rings. The number of rotatable bonds is 10. The third kappa shape index (κ3) is 8.60. The normalized spacial score (nSPS) is 15.5. The van der Waals surface area contributed by atoms with E-state index in [1.807, 2.05) is 29.2 Å². The molecule has 35 heavy (non-hydrogen) atoms. The number of nitrogens with one attached hydrogen (secondary N) is 1. The maximum atomic E-state index is 13.3. The molecule has 1 aromatic carbocycles. The lowest BCUT2D eigenvalue weighted by molar-refractivity contribution is -0.135. The Balaban J connectivity index is 1.59. The van der Waals surface area contributed by atoms with Gasteiger partial charge in [-0.1, -0.05) is 70.4 Å². The van der Waals surface area contributed by atoms with Crippen molar-refractivity contribution in [2.45, 2.75) is 85.1 Å². The van der Waals surface area contributed by atoms with E-state index < -0.39 is 0 Å². The van der Waals surface area contributed by atoms with Crippen LogP contribution in [0.4, 0.5) is 5.13 Å². The van der Waals surface area contributed by atoms with Crippen molar-refractivity contribution in [2.75, 3.05) is 19.0 Å². The van der Waals surface area contributed by atoms with Gasteiger partial charge in [0, 0.05) is 31.0 Å². The number of hydrogen-bond acceptors (Lipinski definition) is 6. The molecule has 0 unspecified atom stereocenters. The van der Waals surface area contributed by atoms with Gasteiger partial charge in [-0.05, 0) is 42.7 Å². The highest BCUT2D eigenvalue weighted by Gasteiger charge is 2.28. The van der Waals surface area contributed by atoms with Crippen LogP contribution in [-0.2, 0) is 9.59 Å². The highest BCUT2D eigenvalue weighted by Crippen LogP contribution is 2.30. The number of ether oxygens (including phenoxy) is 1. The number of anilines is 1. The zero-order valence-electron chi connectivity index (χ0n) is 21.8. The van der Waals surface area contributed by atoms with Gasteiger partial charge in [-0.3, -0.25) is 9.59 Å². The minimum absolute atomic E-state index is 0.144. The van der Waals surface area contributed by atoms with Crippen LogP contribution in [0.1, 0.15) is 79.1 Å². The van der Waals surface area contributed by atoms with Crippen LogP contribution < -0.4 is 10.1 Å². The Morgan fingerprint density at radius 3 is 2.63 bits per heavy atom. The zero-order chi connectivity index (χ0) is 25.4. The Morgan fingerprint density at radius 2 is 1.94 bits per heavy atom. The van der Waals surface area contributed by atoms with Gasteiger partial charge in [0.05, 0.1) is 7.11 Å². The summed E-state index contributed by atoms with van der Waals surface area (Å²) in [6, 6.07) is 7.83. The molecule has 3 rings (SSSR count). The summed E-state index contributed by atoms with van der Waals surface area (Å²) in [6.45, 7) is 9.24. The van der Waals surface area contributed by atoms with E-state index in [2.05, 4.69) is 43.2 Å². The lowest BCUT2D eigenvalue weighted by Crippen LogP contribution is -2.43. The lowest BCUT2D eigenvalue weighted by Gasteiger charge is -2.35. The summed E-state index contributed by atoms with van der Waals surface area (Å²) in [5.74, 6) is 1.10. The Morgan fingerprint density at radius 1 is 1.20 bits per heavy atom. The number of methoxy groups -OCH3 is 1. The SMILES string of the molecule is COc1cccc(-c2nnc(NC(=O)CCN(C(=O)C[C@@H](C)CC(C)(C)C)C3CCCCC3)s2)c1. The molecular formula is C27H40N4O3S. The van der Waals surface area contributed by atoms with Gasteiger partial charge in [-0.2, -0.15) is 0 Å². The van der Waals surface area contributed by atoms with Crippen molar-refractivity contribution in [2.24, 2.45) is 11.3 Å². The number of nitrogens with zero attached hydrogens (tertiary/aromatic N) is 3. The van der Waals surface area contributed by atoms with Gasteiger partial charge in [0.25, 0.3) is 0 Å². The third-order valence-electron chi connectivity index (χ3n) is 6.39. The number of carbonyl (C=O) groups excluding carboxylic acids is 2. The van der Waals surface area contributed by atoms with Crippen LogP contribution in [-0.4, -0.2) is 46.6 Å². The number of carbonyl (C=O) groups is 2. The van der Waals surface area contributed by atoms with Crippen molar-refractivity contribution in [3.05, 3.63) is 24.3 Å². The minimum Gasteiger partial charge on any atom is -0.497 e. The molecule has 1 heterocycles. The van der Waals surface area contributed by atoms with Crippen LogP contribution in [0.15, 0.2) is 24.3 Å². The predicted octanol–water partition coefficient (Wildman–Crippen LogP) is 6.17. The first-order chi connectivity index (χ1) is 16.6. The summed E-state index contributed by atoms with van der Waals surface area (Å²) in [5.41, 5.74) is 1.08. The van der Waals surface area contributed by atoms with Crippen LogP contribution in [0.3, 0.4) is 0 Å². The smallest absolute Gasteiger partial charge is 0.227 e. The molecule has 1 saturated carbocycles. The van der Waals surface area contributed by atoms with E-state index in [1.165, 1.54) is 17.8 Å². The molecule has 0 spiro atoms. The summed E-state index contributed by atoms with van der Waals surface area (Å²) in [7, 11) is 1.62. The van der Waals surface area contributed by atoms with Gasteiger partial charge in [0.1, 0.15) is 10.8 Å². The van der Waals surface area contributed by atoms with Gasteiger partial charge < -0.3 is 15.0 Å². The van der Waals surface area contributed by atoms with Gasteiger partial charge in [-0.25, -0.2) is 0 Å². The Hall–Kier alpha value is -2.48. The van der Waals surface area contributed by atoms with Crippen LogP contribution >= 0.6 is 11.3 Å². The first-order valence-electron chi connectivity index (χ1n) is 12.7. The van der Waals surface area contributed by atoms with E-state index in [0.717, 1.165) is 43.4 Å². The van der Waals surface area contributed by atoms with Gasteiger partial charge in [0.2, 0.25) is 16.9 Å². The highest BCUT2D eigenvalue weighted by molar-refractivity contribution is 7.18. The third-order valence-corrected chi connectivity index (χ3v) is 7.28. The Bertz CT molecular complexity index is 979. The molecular weight excluding hydrogens is 460 g/mol. The summed E-state index contributed by atoms with van der Waals surface area (Å²) < 4.78 is 5.27. The summed E-state index contributed by atoms with van der Waals surface area (Å²) >= 11 is 1.33. The molecule has 0 saturated heterocycles. The topological polar surface area (TPSA) is 84.4 Å². The summed E-state index contributed by atoms with van der Waals surface area (Å²) in [5, 5.41) is 12.4. The van der Waals surface area contributed by atoms with Crippen LogP contribution in [0.25, 0.3) is 10.6 Å². The van der Waals surface area contributed by atoms with Crippen molar-refractivity contribution in [1.29, 1.82) is 0 Å². The molecule has 1 aromatic heterocycles. The predicted molar refractivity (Wildman–Crippen MR) is 142 cm³/mol. The number of benzene rings is 1. The highest BCUT2D eigenvalue weighted by atomic mass is 32.1. The molecule has 1 fully saturated rings. The zero-order valence-corrected chi connectivity index (χ0v) is 22.6. The molecule has 192 valence electrons. The molecule has 0 radical (unpaired) electrons. The van der Waals surface area contributed by atoms with Crippen LogP contribution in [0.2, 0.25) is 0 Å². The van der Waals surface area contributed by atoms with Crippen LogP contribution in [0, 0.1) is 11.3 Å². The Kier molecular flexibility index (Phi) is 9.66. The molecule has 0 aliphatic heterocycles. The number of aromatic nitrogens is 2. The van der Waals surface area contributed by atoms with Gasteiger partial charge in [-0.15, -0.1) is 10.2 Å². The van der Waals surface area contributed by atoms with Gasteiger partial charge >= 0.3 is 0 Å². The average Bonchev–Trinajstić information content (AvgIpc) is 3.27. The van der Waals surface area contributed by atoms with E-state index in [-0.39, 0.29) is 29.7 Å². The molecule has 8 heteroatoms. The Labute approximate surface area is 213 Å². The fourth-order valence-electron chi connectivity index (χ4n) is 4.99. The van der Waals surface area contributed by atoms with E-state index >= 15 is 0 Å². The fraction of sp³-hybridized carbons (Fsp3) is 0.630. The van der Waals surface area contributed by atoms with Crippen molar-refractivity contribution < 1.29 is 14.3 Å². The summed E-state index contributed by atoms with van der Waals surface area (Å²) in [6.07, 6.45) is 7.38. The van der Waals surface area contributed by atoms with Crippen molar-refractivity contribution in [3.8, 4) is 16.3 Å². The largest absolute Gasteiger partial charge is 0.497 e. The molecule has 1 aliphatic carbocycles. The first kappa shape index (κ1) is 27.1. The maximum absolute atomic E-state index is 13.3. The quantitative estimate of drug-likeness (QED) is 0.422. The van der Waals surface area contributed by atoms with E-state index in [1.54, 1.807) is 7.11 Å². The monoisotopic (exact) mass is 500 g/mol. The molecule has 1 aliphatic rings. The molecule has 1 N–H and O–H groups in total. The van der Waals surface area contributed by atoms with E-state index in [0.29, 0.717) is 29.0 Å². The standard InChI is InChI=1S/C27H40N4O3S/c1-19(18-27(2,3)4)16-24(33)31(21-11-7-6-8-12-21)15-14-23(32)28-26-30-29-25(35-26)20-10-9-13-22(17-20)34-5/h9-10,13,17,19,21H,6-8,11-12,14-16,18H2,1-5H3,(H,28,30,32)/t19-/m1/s1. The van der Waals surface area contributed by atoms with Crippen molar-refractivity contribution in [3.63, 3.8) is 0 Å². The number of amides is 2. The molecule has 7 nitrogen and oxygen atoms in total. The first-order valence-corrected chi connectivity index (χ1v) is 13.5. The average molecular weight is 501 g/mol. The molecule has 0 bridgehead atoms. The maximum Gasteiger partial charge on any atom is 0.227 e. The lowest BCUT2D eigenvalue weighted by atomic mass is 9.84. The number of hydrogen-bond donors (Lipinski definition) is 1. The summed E-state index contributed by atoms with van der Waals surface area (Å²) in [4.78, 5) is 28.0. The molecule has 2 amide bonds. The fourth-order valence-corrected chi connectivity index (χ4v) is 5.74. The second kappa shape index (κ2) is 12.5. The molecule has 1 atom stereocenters. The van der Waals surface area contributed by atoms with Crippen LogP contribution in [0.5, 0.6) is 5.75 Å². The second-order valence-electron chi connectivity index (χ2n) is 10.9. The second-order valence-corrected chi connectivity index (χ2v) is 11.9. The van der Waals surface area contributed by atoms with E-state index in [4.69, 9.17) is 4.74 Å². The van der Waals surface area contributed by atoms with Crippen molar-refractivity contribution in [1.82, 2.24) is 15.1 Å².